The van der Waals surface area contributed by atoms with Crippen LogP contribution in [-0.4, -0.2) is 43.0 Å². The van der Waals surface area contributed by atoms with E-state index in [0.717, 1.165) is 31.0 Å². The van der Waals surface area contributed by atoms with E-state index < -0.39 is 0 Å². The lowest BCUT2D eigenvalue weighted by molar-refractivity contribution is 0.330. The normalized spacial score (nSPS) is 12.0. The molecule has 0 aliphatic rings. The van der Waals surface area contributed by atoms with Gasteiger partial charge in [-0.25, -0.2) is 9.37 Å². The van der Waals surface area contributed by atoms with Crippen molar-refractivity contribution in [2.24, 2.45) is 4.99 Å². The summed E-state index contributed by atoms with van der Waals surface area (Å²) in [5.74, 6) is 1.99. The first-order valence-electron chi connectivity index (χ1n) is 9.10. The maximum absolute atomic E-state index is 13.0. The number of guanidine groups is 1. The second kappa shape index (κ2) is 11.4. The Morgan fingerprint density at radius 2 is 1.89 bits per heavy atom. The molecular weight excluding hydrogens is 472 g/mol. The van der Waals surface area contributed by atoms with Gasteiger partial charge in [-0.2, -0.15) is 0 Å². The van der Waals surface area contributed by atoms with Crippen molar-refractivity contribution in [2.75, 3.05) is 27.2 Å². The predicted octanol–water partition coefficient (Wildman–Crippen LogP) is 3.53. The molecule has 8 heteroatoms. The van der Waals surface area contributed by atoms with Gasteiger partial charge >= 0.3 is 0 Å². The number of nitrogens with one attached hydrogen (secondary N) is 2. The molecule has 6 nitrogen and oxygen atoms in total. The topological polar surface area (TPSA) is 65.7 Å². The van der Waals surface area contributed by atoms with Crippen molar-refractivity contribution < 1.29 is 8.81 Å². The van der Waals surface area contributed by atoms with Gasteiger partial charge < -0.3 is 20.0 Å². The van der Waals surface area contributed by atoms with Crippen molar-refractivity contribution in [1.29, 1.82) is 0 Å². The van der Waals surface area contributed by atoms with E-state index >= 15 is 0 Å². The fourth-order valence-electron chi connectivity index (χ4n) is 2.46. The molecule has 0 aliphatic heterocycles. The highest BCUT2D eigenvalue weighted by Crippen LogP contribution is 2.22. The summed E-state index contributed by atoms with van der Waals surface area (Å²) < 4.78 is 18.7. The zero-order valence-corrected chi connectivity index (χ0v) is 19.6. The van der Waals surface area contributed by atoms with Crippen molar-refractivity contribution in [3.63, 3.8) is 0 Å². The summed E-state index contributed by atoms with van der Waals surface area (Å²) in [7, 11) is 3.76. The van der Waals surface area contributed by atoms with Crippen molar-refractivity contribution in [3.05, 3.63) is 53.5 Å². The van der Waals surface area contributed by atoms with Gasteiger partial charge in [-0.1, -0.05) is 32.9 Å². The average Bonchev–Trinajstić information content (AvgIpc) is 3.09. The van der Waals surface area contributed by atoms with E-state index in [0.29, 0.717) is 18.4 Å². The van der Waals surface area contributed by atoms with Crippen LogP contribution in [0.15, 0.2) is 39.9 Å². The number of aliphatic imine (C=N–C) groups is 1. The Hall–Kier alpha value is -1.68. The minimum absolute atomic E-state index is 0. The Labute approximate surface area is 184 Å². The minimum Gasteiger partial charge on any atom is -0.443 e. The molecule has 0 radical (unpaired) electrons. The third kappa shape index (κ3) is 8.14. The lowest BCUT2D eigenvalue weighted by Gasteiger charge is -2.18. The van der Waals surface area contributed by atoms with Crippen molar-refractivity contribution >= 4 is 29.9 Å². The first-order chi connectivity index (χ1) is 12.8. The van der Waals surface area contributed by atoms with E-state index in [1.165, 1.54) is 12.1 Å². The summed E-state index contributed by atoms with van der Waals surface area (Å²) in [5.41, 5.74) is 1.03. The van der Waals surface area contributed by atoms with Gasteiger partial charge in [0, 0.05) is 32.1 Å². The number of rotatable bonds is 7. The van der Waals surface area contributed by atoms with Crippen LogP contribution in [0.3, 0.4) is 0 Å². The van der Waals surface area contributed by atoms with Gasteiger partial charge in [0.2, 0.25) is 5.89 Å². The van der Waals surface area contributed by atoms with E-state index in [2.05, 4.69) is 46.3 Å². The SMILES string of the molecule is CN=C(NCCN(C)Cc1ccc(F)cc1)NCc1ncc(C(C)(C)C)o1.I. The number of oxazole rings is 1. The number of nitrogens with zero attached hydrogens (tertiary/aromatic N) is 3. The molecule has 2 aromatic rings. The lowest BCUT2D eigenvalue weighted by Crippen LogP contribution is -2.40. The molecule has 0 fully saturated rings. The van der Waals surface area contributed by atoms with Crippen molar-refractivity contribution in [1.82, 2.24) is 20.5 Å². The Kier molecular flexibility index (Phi) is 9.88. The van der Waals surface area contributed by atoms with Crippen LogP contribution in [0.25, 0.3) is 0 Å². The Bertz CT molecular complexity index is 740. The van der Waals surface area contributed by atoms with Gasteiger partial charge in [0.25, 0.3) is 0 Å². The van der Waals surface area contributed by atoms with Crippen LogP contribution in [0, 0.1) is 5.82 Å². The first kappa shape index (κ1) is 24.4. The Morgan fingerprint density at radius 3 is 2.46 bits per heavy atom. The van der Waals surface area contributed by atoms with E-state index in [1.807, 2.05) is 19.2 Å². The fraction of sp³-hybridized carbons (Fsp3) is 0.500. The van der Waals surface area contributed by atoms with Gasteiger partial charge in [-0.05, 0) is 24.7 Å². The molecule has 0 unspecified atom stereocenters. The van der Waals surface area contributed by atoms with Gasteiger partial charge in [0.05, 0.1) is 12.7 Å². The quantitative estimate of drug-likeness (QED) is 0.344. The van der Waals surface area contributed by atoms with Crippen LogP contribution in [-0.2, 0) is 18.5 Å². The number of aromatic nitrogens is 1. The number of halogens is 2. The van der Waals surface area contributed by atoms with E-state index in [4.69, 9.17) is 4.42 Å². The molecule has 2 rings (SSSR count). The summed E-state index contributed by atoms with van der Waals surface area (Å²) in [6.07, 6.45) is 1.78. The zero-order valence-electron chi connectivity index (χ0n) is 17.3. The largest absolute Gasteiger partial charge is 0.443 e. The summed E-state index contributed by atoms with van der Waals surface area (Å²) in [6.45, 7) is 9.07. The Balaban J connectivity index is 0.00000392. The molecule has 0 bridgehead atoms. The molecule has 0 aliphatic carbocycles. The van der Waals surface area contributed by atoms with Gasteiger partial charge in [-0.3, -0.25) is 4.99 Å². The maximum Gasteiger partial charge on any atom is 0.213 e. The van der Waals surface area contributed by atoms with Gasteiger partial charge in [0.1, 0.15) is 11.6 Å². The van der Waals surface area contributed by atoms with Crippen LogP contribution < -0.4 is 10.6 Å². The molecule has 2 N–H and O–H groups in total. The van der Waals surface area contributed by atoms with Crippen LogP contribution in [0.1, 0.15) is 38.0 Å². The number of hydrogen-bond acceptors (Lipinski definition) is 4. The second-order valence-electron chi connectivity index (χ2n) is 7.59. The highest BCUT2D eigenvalue weighted by Gasteiger charge is 2.19. The minimum atomic E-state index is -0.210. The van der Waals surface area contributed by atoms with Crippen LogP contribution in [0.5, 0.6) is 0 Å². The smallest absolute Gasteiger partial charge is 0.213 e. The standard InChI is InChI=1S/C20H30FN5O.HI/c1-20(2,3)17-12-24-18(27-17)13-25-19(22-4)23-10-11-26(5)14-15-6-8-16(21)9-7-15;/h6-9,12H,10-11,13-14H2,1-5H3,(H2,22,23,25);1H. The maximum atomic E-state index is 13.0. The second-order valence-corrected chi connectivity index (χ2v) is 7.59. The number of likely N-dealkylation sites (N-methyl/N-ethyl adjacent to an activating group) is 1. The Morgan fingerprint density at radius 1 is 1.21 bits per heavy atom. The number of hydrogen-bond donors (Lipinski definition) is 2. The third-order valence-electron chi connectivity index (χ3n) is 4.08. The molecule has 28 heavy (non-hydrogen) atoms. The molecule has 156 valence electrons. The molecule has 0 amide bonds. The highest BCUT2D eigenvalue weighted by atomic mass is 127. The number of benzene rings is 1. The molecule has 0 saturated heterocycles. The van der Waals surface area contributed by atoms with E-state index in [1.54, 1.807) is 13.2 Å². The van der Waals surface area contributed by atoms with Gasteiger partial charge in [-0.15, -0.1) is 24.0 Å². The molecule has 0 spiro atoms. The molecule has 1 aromatic heterocycles. The molecule has 0 saturated carbocycles. The van der Waals surface area contributed by atoms with Crippen LogP contribution in [0.4, 0.5) is 4.39 Å². The van der Waals surface area contributed by atoms with Crippen molar-refractivity contribution in [3.8, 4) is 0 Å². The average molecular weight is 503 g/mol. The summed E-state index contributed by atoms with van der Waals surface area (Å²) in [5, 5.41) is 6.47. The molecule has 1 aromatic carbocycles. The predicted molar refractivity (Wildman–Crippen MR) is 122 cm³/mol. The molecule has 0 atom stereocenters. The van der Waals surface area contributed by atoms with E-state index in [9.17, 15) is 4.39 Å². The van der Waals surface area contributed by atoms with Crippen LogP contribution in [0.2, 0.25) is 0 Å². The summed E-state index contributed by atoms with van der Waals surface area (Å²) in [4.78, 5) is 10.7. The van der Waals surface area contributed by atoms with Gasteiger partial charge in [0.15, 0.2) is 5.96 Å². The van der Waals surface area contributed by atoms with E-state index in [-0.39, 0.29) is 35.2 Å². The summed E-state index contributed by atoms with van der Waals surface area (Å²) >= 11 is 0. The monoisotopic (exact) mass is 503 g/mol. The molecule has 1 heterocycles. The summed E-state index contributed by atoms with van der Waals surface area (Å²) in [6, 6.07) is 6.59. The fourth-order valence-corrected chi connectivity index (χ4v) is 2.46. The lowest BCUT2D eigenvalue weighted by atomic mass is 9.94. The highest BCUT2D eigenvalue weighted by molar-refractivity contribution is 14.0. The first-order valence-corrected chi connectivity index (χ1v) is 9.10. The van der Waals surface area contributed by atoms with Crippen LogP contribution >= 0.6 is 24.0 Å². The molecular formula is C20H31FIN5O. The van der Waals surface area contributed by atoms with Crippen molar-refractivity contribution in [2.45, 2.75) is 39.3 Å². The third-order valence-corrected chi connectivity index (χ3v) is 4.08. The zero-order chi connectivity index (χ0) is 19.9.